The highest BCUT2D eigenvalue weighted by Crippen LogP contribution is 2.20. The van der Waals surface area contributed by atoms with Crippen LogP contribution >= 0.6 is 0 Å². The van der Waals surface area contributed by atoms with Crippen LogP contribution in [-0.4, -0.2) is 25.0 Å². The number of amides is 2. The van der Waals surface area contributed by atoms with Gasteiger partial charge in [0.15, 0.2) is 6.61 Å². The smallest absolute Gasteiger partial charge is 0.276 e. The molecule has 0 radical (unpaired) electrons. The summed E-state index contributed by atoms with van der Waals surface area (Å²) in [4.78, 5) is 24.2. The first-order valence-electron chi connectivity index (χ1n) is 8.60. The van der Waals surface area contributed by atoms with E-state index in [0.717, 1.165) is 10.8 Å². The Kier molecular flexibility index (Phi) is 5.89. The summed E-state index contributed by atoms with van der Waals surface area (Å²) in [6, 6.07) is 20.3. The lowest BCUT2D eigenvalue weighted by molar-refractivity contribution is -0.123. The second kappa shape index (κ2) is 8.71. The van der Waals surface area contributed by atoms with Gasteiger partial charge in [0.1, 0.15) is 11.5 Å². The van der Waals surface area contributed by atoms with E-state index in [1.165, 1.54) is 0 Å². The highest BCUT2D eigenvalue weighted by molar-refractivity contribution is 5.97. The normalized spacial score (nSPS) is 10.3. The van der Waals surface area contributed by atoms with Gasteiger partial charge in [-0.2, -0.15) is 0 Å². The number of para-hydroxylation sites is 1. The molecule has 3 aromatic carbocycles. The van der Waals surface area contributed by atoms with Crippen molar-refractivity contribution in [2.24, 2.45) is 0 Å². The number of carbonyl (C=O) groups excluding carboxylic acids is 2. The molecule has 0 aliphatic carbocycles. The van der Waals surface area contributed by atoms with Crippen molar-refractivity contribution in [3.63, 3.8) is 0 Å². The first-order valence-corrected chi connectivity index (χ1v) is 8.60. The van der Waals surface area contributed by atoms with Crippen LogP contribution < -0.4 is 20.3 Å². The molecule has 0 aromatic heterocycles. The standard InChI is InChI=1S/C21H20N2O4/c1-2-26-19-10-6-5-9-18(19)21(25)23-22-20(24)14-27-17-12-11-15-7-3-4-8-16(15)13-17/h3-13H,2,14H2,1H3,(H,22,24)(H,23,25). The van der Waals surface area contributed by atoms with E-state index >= 15 is 0 Å². The van der Waals surface area contributed by atoms with Crippen molar-refractivity contribution in [3.05, 3.63) is 72.3 Å². The Bertz CT molecular complexity index is 956. The zero-order valence-electron chi connectivity index (χ0n) is 14.9. The maximum Gasteiger partial charge on any atom is 0.276 e. The first kappa shape index (κ1) is 18.3. The third kappa shape index (κ3) is 4.76. The summed E-state index contributed by atoms with van der Waals surface area (Å²) in [7, 11) is 0. The van der Waals surface area contributed by atoms with Crippen molar-refractivity contribution in [1.82, 2.24) is 10.9 Å². The van der Waals surface area contributed by atoms with Crippen molar-refractivity contribution in [2.45, 2.75) is 6.92 Å². The molecule has 0 spiro atoms. The number of hydrogen-bond donors (Lipinski definition) is 2. The molecule has 27 heavy (non-hydrogen) atoms. The van der Waals surface area contributed by atoms with Crippen LogP contribution in [0.2, 0.25) is 0 Å². The minimum absolute atomic E-state index is 0.217. The number of ether oxygens (including phenoxy) is 2. The van der Waals surface area contributed by atoms with Crippen LogP contribution in [0.25, 0.3) is 10.8 Å². The molecule has 6 heteroatoms. The molecular formula is C21H20N2O4. The topological polar surface area (TPSA) is 76.7 Å². The van der Waals surface area contributed by atoms with Gasteiger partial charge in [0.25, 0.3) is 11.8 Å². The van der Waals surface area contributed by atoms with Crippen LogP contribution in [0.4, 0.5) is 0 Å². The van der Waals surface area contributed by atoms with Crippen LogP contribution in [0.15, 0.2) is 66.7 Å². The Hall–Kier alpha value is -3.54. The van der Waals surface area contributed by atoms with Gasteiger partial charge in [-0.05, 0) is 42.0 Å². The van der Waals surface area contributed by atoms with Gasteiger partial charge in [-0.25, -0.2) is 0 Å². The molecule has 0 unspecified atom stereocenters. The van der Waals surface area contributed by atoms with E-state index in [-0.39, 0.29) is 6.61 Å². The molecule has 138 valence electrons. The lowest BCUT2D eigenvalue weighted by Gasteiger charge is -2.12. The summed E-state index contributed by atoms with van der Waals surface area (Å²) in [5.74, 6) is 0.111. The van der Waals surface area contributed by atoms with E-state index in [1.54, 1.807) is 30.3 Å². The molecule has 0 heterocycles. The van der Waals surface area contributed by atoms with Crippen molar-refractivity contribution in [2.75, 3.05) is 13.2 Å². The highest BCUT2D eigenvalue weighted by atomic mass is 16.5. The molecule has 0 fully saturated rings. The third-order valence-electron chi connectivity index (χ3n) is 3.84. The molecule has 2 N–H and O–H groups in total. The van der Waals surface area contributed by atoms with E-state index in [4.69, 9.17) is 9.47 Å². The molecule has 3 aromatic rings. The van der Waals surface area contributed by atoms with Gasteiger partial charge in [0, 0.05) is 0 Å². The summed E-state index contributed by atoms with van der Waals surface area (Å²) in [6.07, 6.45) is 0. The Morgan fingerprint density at radius 3 is 2.41 bits per heavy atom. The molecule has 0 aliphatic heterocycles. The highest BCUT2D eigenvalue weighted by Gasteiger charge is 2.13. The summed E-state index contributed by atoms with van der Waals surface area (Å²) in [5, 5.41) is 2.12. The predicted molar refractivity (Wildman–Crippen MR) is 103 cm³/mol. The Morgan fingerprint density at radius 2 is 1.59 bits per heavy atom. The summed E-state index contributed by atoms with van der Waals surface area (Å²) < 4.78 is 10.9. The Morgan fingerprint density at radius 1 is 0.852 bits per heavy atom. The number of fused-ring (bicyclic) bond motifs is 1. The molecular weight excluding hydrogens is 344 g/mol. The van der Waals surface area contributed by atoms with Gasteiger partial charge in [0.05, 0.1) is 12.2 Å². The third-order valence-corrected chi connectivity index (χ3v) is 3.84. The summed E-state index contributed by atoms with van der Waals surface area (Å²) in [6.45, 7) is 2.06. The van der Waals surface area contributed by atoms with E-state index in [9.17, 15) is 9.59 Å². The van der Waals surface area contributed by atoms with E-state index < -0.39 is 11.8 Å². The van der Waals surface area contributed by atoms with Crippen LogP contribution in [0.3, 0.4) is 0 Å². The van der Waals surface area contributed by atoms with Gasteiger partial charge in [-0.1, -0.05) is 42.5 Å². The minimum Gasteiger partial charge on any atom is -0.493 e. The molecule has 0 saturated carbocycles. The quantitative estimate of drug-likeness (QED) is 0.659. The molecule has 3 rings (SSSR count). The SMILES string of the molecule is CCOc1ccccc1C(=O)NNC(=O)COc1ccc2ccccc2c1. The van der Waals surface area contributed by atoms with E-state index in [0.29, 0.717) is 23.7 Å². The fourth-order valence-electron chi connectivity index (χ4n) is 2.57. The fourth-order valence-corrected chi connectivity index (χ4v) is 2.57. The Labute approximate surface area is 157 Å². The second-order valence-corrected chi connectivity index (χ2v) is 5.73. The summed E-state index contributed by atoms with van der Waals surface area (Å²) in [5.41, 5.74) is 5.05. The van der Waals surface area contributed by atoms with E-state index in [2.05, 4.69) is 10.9 Å². The maximum absolute atomic E-state index is 12.2. The average molecular weight is 364 g/mol. The minimum atomic E-state index is -0.467. The van der Waals surface area contributed by atoms with Gasteiger partial charge < -0.3 is 9.47 Å². The number of hydrazine groups is 1. The van der Waals surface area contributed by atoms with Crippen molar-refractivity contribution < 1.29 is 19.1 Å². The number of hydrogen-bond acceptors (Lipinski definition) is 4. The number of nitrogens with one attached hydrogen (secondary N) is 2. The van der Waals surface area contributed by atoms with E-state index in [1.807, 2.05) is 43.3 Å². The maximum atomic E-state index is 12.2. The summed E-state index contributed by atoms with van der Waals surface area (Å²) >= 11 is 0. The molecule has 0 atom stereocenters. The van der Waals surface area contributed by atoms with Crippen LogP contribution in [-0.2, 0) is 4.79 Å². The number of rotatable bonds is 6. The Balaban J connectivity index is 1.52. The largest absolute Gasteiger partial charge is 0.493 e. The van der Waals surface area contributed by atoms with Gasteiger partial charge in [0.2, 0.25) is 0 Å². The van der Waals surface area contributed by atoms with Crippen LogP contribution in [0, 0.1) is 0 Å². The van der Waals surface area contributed by atoms with Crippen molar-refractivity contribution in [1.29, 1.82) is 0 Å². The van der Waals surface area contributed by atoms with Crippen molar-refractivity contribution in [3.8, 4) is 11.5 Å². The zero-order chi connectivity index (χ0) is 19.1. The average Bonchev–Trinajstić information content (AvgIpc) is 2.71. The first-order chi connectivity index (χ1) is 13.2. The second-order valence-electron chi connectivity index (χ2n) is 5.73. The molecule has 0 bridgehead atoms. The van der Waals surface area contributed by atoms with Crippen LogP contribution in [0.5, 0.6) is 11.5 Å². The van der Waals surface area contributed by atoms with Gasteiger partial charge in [-0.3, -0.25) is 20.4 Å². The number of carbonyl (C=O) groups is 2. The van der Waals surface area contributed by atoms with Crippen molar-refractivity contribution >= 4 is 22.6 Å². The van der Waals surface area contributed by atoms with Crippen LogP contribution in [0.1, 0.15) is 17.3 Å². The van der Waals surface area contributed by atoms with Gasteiger partial charge in [-0.15, -0.1) is 0 Å². The monoisotopic (exact) mass is 364 g/mol. The van der Waals surface area contributed by atoms with Gasteiger partial charge >= 0.3 is 0 Å². The lowest BCUT2D eigenvalue weighted by atomic mass is 10.1. The molecule has 0 saturated heterocycles. The molecule has 6 nitrogen and oxygen atoms in total. The lowest BCUT2D eigenvalue weighted by Crippen LogP contribution is -2.43. The predicted octanol–water partition coefficient (Wildman–Crippen LogP) is 3.08. The molecule has 0 aliphatic rings. The number of benzene rings is 3. The molecule has 2 amide bonds. The fraction of sp³-hybridized carbons (Fsp3) is 0.143. The zero-order valence-corrected chi connectivity index (χ0v) is 14.9.